The highest BCUT2D eigenvalue weighted by Crippen LogP contribution is 2.23. The van der Waals surface area contributed by atoms with Gasteiger partial charge in [-0.05, 0) is 48.1 Å². The average Bonchev–Trinajstić information content (AvgIpc) is 2.90. The zero-order valence-corrected chi connectivity index (χ0v) is 12.1. The van der Waals surface area contributed by atoms with Gasteiger partial charge in [0.2, 0.25) is 0 Å². The van der Waals surface area contributed by atoms with E-state index in [4.69, 9.17) is 12.2 Å². The van der Waals surface area contributed by atoms with Crippen LogP contribution < -0.4 is 16.1 Å². The summed E-state index contributed by atoms with van der Waals surface area (Å²) < 4.78 is 12.8. The molecule has 0 amide bonds. The van der Waals surface area contributed by atoms with Crippen LogP contribution in [0.5, 0.6) is 0 Å². The third-order valence-electron chi connectivity index (χ3n) is 3.19. The predicted molar refractivity (Wildman–Crippen MR) is 86.2 cm³/mol. The van der Waals surface area contributed by atoms with Crippen molar-refractivity contribution in [3.05, 3.63) is 59.9 Å². The molecule has 2 aromatic rings. The Hall–Kier alpha value is -2.18. The molecular formula is C15H15FN4S. The largest absolute Gasteiger partial charge is 0.348 e. The molecule has 3 N–H and O–H groups in total. The lowest BCUT2D eigenvalue weighted by molar-refractivity contribution is 0.337. The molecule has 0 aliphatic carbocycles. The number of rotatable bonds is 3. The highest BCUT2D eigenvalue weighted by molar-refractivity contribution is 7.80. The van der Waals surface area contributed by atoms with Gasteiger partial charge in [0.1, 0.15) is 5.82 Å². The zero-order chi connectivity index (χ0) is 14.7. The molecule has 6 heteroatoms. The molecule has 1 aliphatic heterocycles. The number of hydrogen-bond donors (Lipinski definition) is 3. The Labute approximate surface area is 127 Å². The SMILES string of the molecule is Fc1ccc(NC(=S)NCN2Cc3ccccc3N2)cc1. The van der Waals surface area contributed by atoms with Gasteiger partial charge in [0.25, 0.3) is 0 Å². The summed E-state index contributed by atoms with van der Waals surface area (Å²) in [5.74, 6) is -0.265. The summed E-state index contributed by atoms with van der Waals surface area (Å²) in [6.45, 7) is 1.39. The van der Waals surface area contributed by atoms with Gasteiger partial charge in [-0.3, -0.25) is 0 Å². The summed E-state index contributed by atoms with van der Waals surface area (Å²) in [6, 6.07) is 14.2. The summed E-state index contributed by atoms with van der Waals surface area (Å²) in [5, 5.41) is 8.66. The van der Waals surface area contributed by atoms with E-state index in [1.165, 1.54) is 17.7 Å². The second-order valence-corrected chi connectivity index (χ2v) is 5.17. The second kappa shape index (κ2) is 6.07. The monoisotopic (exact) mass is 302 g/mol. The number of anilines is 2. The number of nitrogens with one attached hydrogen (secondary N) is 3. The molecule has 0 aromatic heterocycles. The van der Waals surface area contributed by atoms with Crippen molar-refractivity contribution in [2.75, 3.05) is 17.4 Å². The lowest BCUT2D eigenvalue weighted by Crippen LogP contribution is -2.39. The van der Waals surface area contributed by atoms with Crippen molar-refractivity contribution in [3.8, 4) is 0 Å². The number of fused-ring (bicyclic) bond motifs is 1. The van der Waals surface area contributed by atoms with Crippen LogP contribution in [0.3, 0.4) is 0 Å². The van der Waals surface area contributed by atoms with Gasteiger partial charge in [0.05, 0.1) is 12.4 Å². The number of hydrogen-bond acceptors (Lipinski definition) is 3. The van der Waals surface area contributed by atoms with Crippen molar-refractivity contribution in [1.82, 2.24) is 10.3 Å². The van der Waals surface area contributed by atoms with E-state index in [0.717, 1.165) is 17.9 Å². The standard InChI is InChI=1S/C15H15FN4S/c16-12-5-7-13(8-6-12)18-15(21)17-10-20-9-11-3-1-2-4-14(11)19-20/h1-8,19H,9-10H2,(H2,17,18,21). The van der Waals surface area contributed by atoms with Crippen molar-refractivity contribution in [2.45, 2.75) is 6.54 Å². The summed E-state index contributed by atoms with van der Waals surface area (Å²) in [7, 11) is 0. The Morgan fingerprint density at radius 2 is 1.95 bits per heavy atom. The highest BCUT2D eigenvalue weighted by Gasteiger charge is 2.16. The minimum Gasteiger partial charge on any atom is -0.348 e. The highest BCUT2D eigenvalue weighted by atomic mass is 32.1. The Balaban J connectivity index is 1.48. The number of nitrogens with zero attached hydrogens (tertiary/aromatic N) is 1. The van der Waals surface area contributed by atoms with Gasteiger partial charge in [-0.2, -0.15) is 5.01 Å². The molecule has 0 atom stereocenters. The molecular weight excluding hydrogens is 287 g/mol. The van der Waals surface area contributed by atoms with Gasteiger partial charge in [-0.15, -0.1) is 0 Å². The Morgan fingerprint density at radius 1 is 1.19 bits per heavy atom. The van der Waals surface area contributed by atoms with Crippen LogP contribution in [0.4, 0.5) is 15.8 Å². The maximum Gasteiger partial charge on any atom is 0.171 e. The van der Waals surface area contributed by atoms with Crippen LogP contribution in [0.15, 0.2) is 48.5 Å². The topological polar surface area (TPSA) is 39.3 Å². The average molecular weight is 302 g/mol. The van der Waals surface area contributed by atoms with Gasteiger partial charge in [0.15, 0.2) is 5.11 Å². The van der Waals surface area contributed by atoms with Crippen molar-refractivity contribution < 1.29 is 4.39 Å². The molecule has 108 valence electrons. The minimum atomic E-state index is -0.265. The van der Waals surface area contributed by atoms with Gasteiger partial charge < -0.3 is 16.1 Å². The number of benzene rings is 2. The summed E-state index contributed by atoms with van der Waals surface area (Å²) in [5.41, 5.74) is 6.43. The van der Waals surface area contributed by atoms with Gasteiger partial charge in [0, 0.05) is 12.2 Å². The fourth-order valence-corrected chi connectivity index (χ4v) is 2.34. The molecule has 2 aromatic carbocycles. The maximum atomic E-state index is 12.8. The van der Waals surface area contributed by atoms with Crippen LogP contribution >= 0.6 is 12.2 Å². The molecule has 0 radical (unpaired) electrons. The predicted octanol–water partition coefficient (Wildman–Crippen LogP) is 2.91. The smallest absolute Gasteiger partial charge is 0.171 e. The summed E-state index contributed by atoms with van der Waals surface area (Å²) in [4.78, 5) is 0. The molecule has 0 unspecified atom stereocenters. The molecule has 3 rings (SSSR count). The molecule has 0 bridgehead atoms. The summed E-state index contributed by atoms with van der Waals surface area (Å²) in [6.07, 6.45) is 0. The van der Waals surface area contributed by atoms with Gasteiger partial charge >= 0.3 is 0 Å². The minimum absolute atomic E-state index is 0.265. The normalized spacial score (nSPS) is 13.4. The molecule has 4 nitrogen and oxygen atoms in total. The van der Waals surface area contributed by atoms with E-state index in [2.05, 4.69) is 22.1 Å². The molecule has 21 heavy (non-hydrogen) atoms. The van der Waals surface area contributed by atoms with Crippen LogP contribution in [0.2, 0.25) is 0 Å². The fraction of sp³-hybridized carbons (Fsp3) is 0.133. The third-order valence-corrected chi connectivity index (χ3v) is 3.44. The van der Waals surface area contributed by atoms with E-state index >= 15 is 0 Å². The summed E-state index contributed by atoms with van der Waals surface area (Å²) >= 11 is 5.22. The molecule has 0 spiro atoms. The van der Waals surface area contributed by atoms with E-state index in [-0.39, 0.29) is 5.82 Å². The molecule has 0 saturated heterocycles. The number of thiocarbonyl (C=S) groups is 1. The van der Waals surface area contributed by atoms with Crippen molar-refractivity contribution in [1.29, 1.82) is 0 Å². The quantitative estimate of drug-likeness (QED) is 0.761. The first kappa shape index (κ1) is 13.8. The van der Waals surface area contributed by atoms with Crippen molar-refractivity contribution >= 4 is 28.7 Å². The zero-order valence-electron chi connectivity index (χ0n) is 11.3. The lowest BCUT2D eigenvalue weighted by Gasteiger charge is -2.18. The van der Waals surface area contributed by atoms with Crippen LogP contribution in [-0.2, 0) is 6.54 Å². The van der Waals surface area contributed by atoms with Gasteiger partial charge in [-0.1, -0.05) is 18.2 Å². The number of halogens is 1. The second-order valence-electron chi connectivity index (χ2n) is 4.76. The Bertz CT molecular complexity index is 619. The van der Waals surface area contributed by atoms with Crippen LogP contribution in [-0.4, -0.2) is 16.8 Å². The first-order valence-electron chi connectivity index (χ1n) is 6.60. The number of para-hydroxylation sites is 1. The molecule has 1 heterocycles. The third kappa shape index (κ3) is 3.48. The van der Waals surface area contributed by atoms with E-state index in [1.54, 1.807) is 12.1 Å². The lowest BCUT2D eigenvalue weighted by atomic mass is 10.2. The fourth-order valence-electron chi connectivity index (χ4n) is 2.15. The molecule has 0 saturated carbocycles. The van der Waals surface area contributed by atoms with Crippen molar-refractivity contribution in [2.24, 2.45) is 0 Å². The van der Waals surface area contributed by atoms with Crippen LogP contribution in [0.1, 0.15) is 5.56 Å². The van der Waals surface area contributed by atoms with E-state index in [1.807, 2.05) is 23.2 Å². The van der Waals surface area contributed by atoms with Crippen LogP contribution in [0.25, 0.3) is 0 Å². The number of hydrazine groups is 1. The first-order valence-corrected chi connectivity index (χ1v) is 7.01. The van der Waals surface area contributed by atoms with E-state index in [0.29, 0.717) is 11.8 Å². The van der Waals surface area contributed by atoms with Crippen molar-refractivity contribution in [3.63, 3.8) is 0 Å². The Morgan fingerprint density at radius 3 is 2.71 bits per heavy atom. The van der Waals surface area contributed by atoms with E-state index in [9.17, 15) is 4.39 Å². The first-order chi connectivity index (χ1) is 10.2. The molecule has 1 aliphatic rings. The maximum absolute atomic E-state index is 12.8. The van der Waals surface area contributed by atoms with Gasteiger partial charge in [-0.25, -0.2) is 4.39 Å². The van der Waals surface area contributed by atoms with Crippen LogP contribution in [0, 0.1) is 5.82 Å². The molecule has 0 fully saturated rings. The van der Waals surface area contributed by atoms with E-state index < -0.39 is 0 Å². The Kier molecular flexibility index (Phi) is 3.98.